The van der Waals surface area contributed by atoms with E-state index in [9.17, 15) is 0 Å². The van der Waals surface area contributed by atoms with Crippen LogP contribution in [-0.4, -0.2) is 37.1 Å². The van der Waals surface area contributed by atoms with Gasteiger partial charge < -0.3 is 10.2 Å². The van der Waals surface area contributed by atoms with Gasteiger partial charge in [-0.3, -0.25) is 0 Å². The average Bonchev–Trinajstić information content (AvgIpc) is 2.53. The van der Waals surface area contributed by atoms with Crippen molar-refractivity contribution < 1.29 is 0 Å². The van der Waals surface area contributed by atoms with Gasteiger partial charge in [0.25, 0.3) is 0 Å². The van der Waals surface area contributed by atoms with Crippen molar-refractivity contribution in [1.29, 1.82) is 0 Å². The highest BCUT2D eigenvalue weighted by Gasteiger charge is 2.27. The van der Waals surface area contributed by atoms with E-state index < -0.39 is 0 Å². The topological polar surface area (TPSA) is 15.3 Å². The van der Waals surface area contributed by atoms with E-state index in [-0.39, 0.29) is 0 Å². The molecule has 0 heterocycles. The van der Waals surface area contributed by atoms with Gasteiger partial charge in [-0.1, -0.05) is 13.3 Å². The molecule has 0 saturated heterocycles. The molecule has 0 aromatic heterocycles. The fourth-order valence-electron chi connectivity index (χ4n) is 2.37. The van der Waals surface area contributed by atoms with Gasteiger partial charge in [0.2, 0.25) is 0 Å². The molecule has 1 aliphatic rings. The third-order valence-corrected chi connectivity index (χ3v) is 3.53. The van der Waals surface area contributed by atoms with E-state index in [1.165, 1.54) is 25.8 Å². The summed E-state index contributed by atoms with van der Waals surface area (Å²) in [7, 11) is 2.24. The summed E-state index contributed by atoms with van der Waals surface area (Å²) in [5, 5.41) is 3.61. The molecule has 0 bridgehead atoms. The van der Waals surface area contributed by atoms with Crippen LogP contribution in [0.3, 0.4) is 0 Å². The minimum absolute atomic E-state index is 0.679. The summed E-state index contributed by atoms with van der Waals surface area (Å²) >= 11 is 0. The Balaban J connectivity index is 2.35. The lowest BCUT2D eigenvalue weighted by Crippen LogP contribution is -2.40. The molecule has 0 spiro atoms. The van der Waals surface area contributed by atoms with Crippen molar-refractivity contribution in [3.05, 3.63) is 0 Å². The van der Waals surface area contributed by atoms with Gasteiger partial charge >= 0.3 is 0 Å². The zero-order valence-corrected chi connectivity index (χ0v) is 10.2. The maximum absolute atomic E-state index is 3.61. The summed E-state index contributed by atoms with van der Waals surface area (Å²) in [5.74, 6) is 0.877. The molecule has 2 unspecified atom stereocenters. The van der Waals surface area contributed by atoms with Gasteiger partial charge in [-0.15, -0.1) is 0 Å². The van der Waals surface area contributed by atoms with Crippen LogP contribution < -0.4 is 5.32 Å². The van der Waals surface area contributed by atoms with Gasteiger partial charge in [0.05, 0.1) is 0 Å². The summed E-state index contributed by atoms with van der Waals surface area (Å²) in [5.41, 5.74) is 0. The van der Waals surface area contributed by atoms with Crippen LogP contribution in [0, 0.1) is 5.92 Å². The molecule has 1 fully saturated rings. The third kappa shape index (κ3) is 3.25. The predicted octanol–water partition coefficient (Wildman–Crippen LogP) is 2.10. The lowest BCUT2D eigenvalue weighted by Gasteiger charge is -2.28. The van der Waals surface area contributed by atoms with Crippen LogP contribution in [0.25, 0.3) is 0 Å². The predicted molar refractivity (Wildman–Crippen MR) is 62.6 cm³/mol. The van der Waals surface area contributed by atoms with Gasteiger partial charge in [0, 0.05) is 18.6 Å². The largest absolute Gasteiger partial charge is 0.314 e. The van der Waals surface area contributed by atoms with Gasteiger partial charge in [0.15, 0.2) is 0 Å². The second-order valence-corrected chi connectivity index (χ2v) is 4.89. The molecular formula is C12H26N2. The number of rotatable bonds is 5. The minimum Gasteiger partial charge on any atom is -0.314 e. The van der Waals surface area contributed by atoms with Crippen LogP contribution in [0.1, 0.15) is 40.0 Å². The van der Waals surface area contributed by atoms with Crippen molar-refractivity contribution in [2.24, 2.45) is 5.92 Å². The van der Waals surface area contributed by atoms with Crippen molar-refractivity contribution in [1.82, 2.24) is 10.2 Å². The zero-order chi connectivity index (χ0) is 10.6. The maximum atomic E-state index is 3.61. The molecule has 0 amide bonds. The SMILES string of the molecule is CCNC1CCCC1CN(C)C(C)C. The number of hydrogen-bond acceptors (Lipinski definition) is 2. The zero-order valence-electron chi connectivity index (χ0n) is 10.2. The molecule has 2 heteroatoms. The van der Waals surface area contributed by atoms with Crippen LogP contribution in [0.5, 0.6) is 0 Å². The van der Waals surface area contributed by atoms with E-state index in [1.54, 1.807) is 0 Å². The molecule has 84 valence electrons. The van der Waals surface area contributed by atoms with E-state index in [0.717, 1.165) is 18.5 Å². The van der Waals surface area contributed by atoms with Crippen molar-refractivity contribution in [2.45, 2.75) is 52.1 Å². The molecule has 1 N–H and O–H groups in total. The fourth-order valence-corrected chi connectivity index (χ4v) is 2.37. The molecule has 0 radical (unpaired) electrons. The molecule has 1 aliphatic carbocycles. The molecule has 2 atom stereocenters. The fraction of sp³-hybridized carbons (Fsp3) is 1.00. The Morgan fingerprint density at radius 3 is 2.64 bits per heavy atom. The minimum atomic E-state index is 0.679. The lowest BCUT2D eigenvalue weighted by atomic mass is 10.0. The first-order chi connectivity index (χ1) is 6.65. The highest BCUT2D eigenvalue weighted by molar-refractivity contribution is 4.84. The van der Waals surface area contributed by atoms with Crippen LogP contribution >= 0.6 is 0 Å². The van der Waals surface area contributed by atoms with E-state index >= 15 is 0 Å². The molecule has 0 aromatic rings. The summed E-state index contributed by atoms with van der Waals surface area (Å²) < 4.78 is 0. The van der Waals surface area contributed by atoms with Gasteiger partial charge in [-0.25, -0.2) is 0 Å². The third-order valence-electron chi connectivity index (χ3n) is 3.53. The van der Waals surface area contributed by atoms with Crippen molar-refractivity contribution >= 4 is 0 Å². The van der Waals surface area contributed by atoms with Crippen LogP contribution in [-0.2, 0) is 0 Å². The van der Waals surface area contributed by atoms with Crippen molar-refractivity contribution in [2.75, 3.05) is 20.1 Å². The van der Waals surface area contributed by atoms with Crippen molar-refractivity contribution in [3.63, 3.8) is 0 Å². The molecule has 0 aliphatic heterocycles. The number of hydrogen-bond donors (Lipinski definition) is 1. The van der Waals surface area contributed by atoms with E-state index in [2.05, 4.69) is 38.0 Å². The Kier molecular flexibility index (Phi) is 4.90. The smallest absolute Gasteiger partial charge is 0.0107 e. The monoisotopic (exact) mass is 198 g/mol. The number of nitrogens with zero attached hydrogens (tertiary/aromatic N) is 1. The van der Waals surface area contributed by atoms with Gasteiger partial charge in [0.1, 0.15) is 0 Å². The van der Waals surface area contributed by atoms with Gasteiger partial charge in [-0.2, -0.15) is 0 Å². The molecule has 1 saturated carbocycles. The standard InChI is InChI=1S/C12H26N2/c1-5-13-12-8-6-7-11(12)9-14(4)10(2)3/h10-13H,5-9H2,1-4H3. The van der Waals surface area contributed by atoms with E-state index in [1.807, 2.05) is 0 Å². The summed E-state index contributed by atoms with van der Waals surface area (Å²) in [6.45, 7) is 9.14. The molecule has 14 heavy (non-hydrogen) atoms. The summed E-state index contributed by atoms with van der Waals surface area (Å²) in [6.07, 6.45) is 4.20. The first kappa shape index (κ1) is 12.0. The molecule has 2 nitrogen and oxygen atoms in total. The second kappa shape index (κ2) is 5.72. The van der Waals surface area contributed by atoms with E-state index in [0.29, 0.717) is 6.04 Å². The Hall–Kier alpha value is -0.0800. The maximum Gasteiger partial charge on any atom is 0.0107 e. The first-order valence-electron chi connectivity index (χ1n) is 6.08. The Bertz CT molecular complexity index is 156. The number of nitrogens with one attached hydrogen (secondary N) is 1. The molecule has 0 aromatic carbocycles. The lowest BCUT2D eigenvalue weighted by molar-refractivity contribution is 0.213. The van der Waals surface area contributed by atoms with Crippen molar-refractivity contribution in [3.8, 4) is 0 Å². The Morgan fingerprint density at radius 2 is 2.07 bits per heavy atom. The summed E-state index contributed by atoms with van der Waals surface area (Å²) in [4.78, 5) is 2.47. The van der Waals surface area contributed by atoms with Crippen LogP contribution in [0.2, 0.25) is 0 Å². The quantitative estimate of drug-likeness (QED) is 0.728. The first-order valence-corrected chi connectivity index (χ1v) is 6.08. The second-order valence-electron chi connectivity index (χ2n) is 4.89. The molecular weight excluding hydrogens is 172 g/mol. The Labute approximate surface area is 89.1 Å². The highest BCUT2D eigenvalue weighted by Crippen LogP contribution is 2.26. The van der Waals surface area contributed by atoms with E-state index in [4.69, 9.17) is 0 Å². The van der Waals surface area contributed by atoms with Gasteiger partial charge in [-0.05, 0) is 46.2 Å². The average molecular weight is 198 g/mol. The van der Waals surface area contributed by atoms with Crippen LogP contribution in [0.15, 0.2) is 0 Å². The Morgan fingerprint density at radius 1 is 1.36 bits per heavy atom. The normalized spacial score (nSPS) is 27.9. The summed E-state index contributed by atoms with van der Waals surface area (Å²) in [6, 6.07) is 1.46. The molecule has 1 rings (SSSR count). The highest BCUT2D eigenvalue weighted by atomic mass is 15.1. The van der Waals surface area contributed by atoms with Crippen LogP contribution in [0.4, 0.5) is 0 Å².